The highest BCUT2D eigenvalue weighted by Crippen LogP contribution is 2.20. The molecule has 2 N–H and O–H groups in total. The van der Waals surface area contributed by atoms with Crippen LogP contribution in [0.15, 0.2) is 12.2 Å². The van der Waals surface area contributed by atoms with Gasteiger partial charge in [0.1, 0.15) is 6.10 Å². The van der Waals surface area contributed by atoms with Gasteiger partial charge in [0, 0.05) is 12.5 Å². The van der Waals surface area contributed by atoms with E-state index in [0.29, 0.717) is 19.4 Å². The molecule has 0 bridgehead atoms. The summed E-state index contributed by atoms with van der Waals surface area (Å²) in [5.74, 6) is -0.330. The van der Waals surface area contributed by atoms with Crippen molar-refractivity contribution in [3.05, 3.63) is 12.2 Å². The highest BCUT2D eigenvalue weighted by Gasteiger charge is 2.22. The van der Waals surface area contributed by atoms with Gasteiger partial charge in [-0.1, -0.05) is 26.8 Å². The number of esters is 1. The second kappa shape index (κ2) is 13.6. The van der Waals surface area contributed by atoms with Crippen molar-refractivity contribution in [1.29, 1.82) is 0 Å². The molecule has 0 aromatic rings. The number of cyclic esters (lactones) is 1. The fraction of sp³-hybridized carbons (Fsp3) is 0.810. The van der Waals surface area contributed by atoms with Crippen molar-refractivity contribution in [2.45, 2.75) is 65.1 Å². The molecular formula is C21H38N2O5. The van der Waals surface area contributed by atoms with Crippen LogP contribution < -0.4 is 5.32 Å². The number of carbonyl (C=O) groups is 2. The fourth-order valence-electron chi connectivity index (χ4n) is 3.10. The van der Waals surface area contributed by atoms with Gasteiger partial charge in [0.05, 0.1) is 19.1 Å². The molecule has 28 heavy (non-hydrogen) atoms. The van der Waals surface area contributed by atoms with E-state index >= 15 is 0 Å². The Labute approximate surface area is 169 Å². The molecule has 0 aliphatic carbocycles. The summed E-state index contributed by atoms with van der Waals surface area (Å²) in [7, 11) is 2.08. The molecule has 1 aliphatic heterocycles. The van der Waals surface area contributed by atoms with E-state index in [-0.39, 0.29) is 36.9 Å². The van der Waals surface area contributed by atoms with Crippen LogP contribution in [-0.2, 0) is 14.3 Å². The first-order chi connectivity index (χ1) is 13.3. The first-order valence-corrected chi connectivity index (χ1v) is 10.5. The van der Waals surface area contributed by atoms with Gasteiger partial charge in [0.15, 0.2) is 0 Å². The Hall–Kier alpha value is -1.60. The van der Waals surface area contributed by atoms with Gasteiger partial charge in [-0.05, 0) is 57.8 Å². The van der Waals surface area contributed by atoms with Gasteiger partial charge >= 0.3 is 12.1 Å². The molecule has 1 amide bonds. The maximum Gasteiger partial charge on any atom is 0.407 e. The predicted molar refractivity (Wildman–Crippen MR) is 109 cm³/mol. The summed E-state index contributed by atoms with van der Waals surface area (Å²) in [6.07, 6.45) is 5.34. The molecule has 1 heterocycles. The molecule has 7 nitrogen and oxygen atoms in total. The van der Waals surface area contributed by atoms with Crippen LogP contribution >= 0.6 is 0 Å². The van der Waals surface area contributed by atoms with Crippen molar-refractivity contribution in [1.82, 2.24) is 10.2 Å². The zero-order chi connectivity index (χ0) is 20.9. The number of nitrogens with one attached hydrogen (secondary N) is 1. The maximum atomic E-state index is 12.2. The summed E-state index contributed by atoms with van der Waals surface area (Å²) in [6, 6.07) is 0. The number of aliphatic hydroxyl groups excluding tert-OH is 1. The van der Waals surface area contributed by atoms with E-state index in [9.17, 15) is 14.7 Å². The van der Waals surface area contributed by atoms with Crippen LogP contribution in [-0.4, -0.2) is 67.6 Å². The molecule has 0 spiro atoms. The fourth-order valence-corrected chi connectivity index (χ4v) is 3.10. The molecular weight excluding hydrogens is 360 g/mol. The van der Waals surface area contributed by atoms with Crippen molar-refractivity contribution in [2.75, 3.05) is 33.3 Å². The zero-order valence-electron chi connectivity index (χ0n) is 17.9. The van der Waals surface area contributed by atoms with Gasteiger partial charge in [-0.2, -0.15) is 0 Å². The van der Waals surface area contributed by atoms with Crippen molar-refractivity contribution in [2.24, 2.45) is 11.8 Å². The highest BCUT2D eigenvalue weighted by atomic mass is 16.6. The van der Waals surface area contributed by atoms with Crippen LogP contribution in [0.5, 0.6) is 0 Å². The van der Waals surface area contributed by atoms with Gasteiger partial charge in [0.25, 0.3) is 0 Å². The Bertz CT molecular complexity index is 497. The molecule has 0 fully saturated rings. The quantitative estimate of drug-likeness (QED) is 0.389. The Morgan fingerprint density at radius 1 is 1.32 bits per heavy atom. The normalized spacial score (nSPS) is 28.0. The SMILES string of the molecule is CCCN(C)CCCNC(=O)OC1/C=C/C(C)COC(=O)CC(O)CCC1C. The lowest BCUT2D eigenvalue weighted by molar-refractivity contribution is -0.146. The number of aliphatic hydroxyl groups is 1. The first-order valence-electron chi connectivity index (χ1n) is 10.5. The average Bonchev–Trinajstić information content (AvgIpc) is 2.64. The molecule has 1 aliphatic rings. The summed E-state index contributed by atoms with van der Waals surface area (Å²) >= 11 is 0. The third-order valence-electron chi connectivity index (χ3n) is 4.89. The van der Waals surface area contributed by atoms with Crippen molar-refractivity contribution in [3.63, 3.8) is 0 Å². The number of nitrogens with zero attached hydrogens (tertiary/aromatic N) is 1. The predicted octanol–water partition coefficient (Wildman–Crippen LogP) is 2.73. The van der Waals surface area contributed by atoms with E-state index in [1.165, 1.54) is 0 Å². The van der Waals surface area contributed by atoms with Gasteiger partial charge in [-0.15, -0.1) is 0 Å². The summed E-state index contributed by atoms with van der Waals surface area (Å²) in [5, 5.41) is 12.8. The Balaban J connectivity index is 2.54. The molecule has 0 aromatic carbocycles. The third kappa shape index (κ3) is 10.7. The van der Waals surface area contributed by atoms with Crippen LogP contribution in [0.25, 0.3) is 0 Å². The highest BCUT2D eigenvalue weighted by molar-refractivity contribution is 5.70. The van der Waals surface area contributed by atoms with Crippen molar-refractivity contribution < 1.29 is 24.2 Å². The molecule has 162 valence electrons. The minimum atomic E-state index is -0.733. The summed E-state index contributed by atoms with van der Waals surface area (Å²) in [6.45, 7) is 8.87. The Kier molecular flexibility index (Phi) is 11.8. The molecule has 4 unspecified atom stereocenters. The monoisotopic (exact) mass is 398 g/mol. The molecule has 4 atom stereocenters. The zero-order valence-corrected chi connectivity index (χ0v) is 17.9. The van der Waals surface area contributed by atoms with E-state index in [1.807, 2.05) is 26.0 Å². The lowest BCUT2D eigenvalue weighted by Gasteiger charge is -2.24. The third-order valence-corrected chi connectivity index (χ3v) is 4.89. The number of hydrogen-bond donors (Lipinski definition) is 2. The summed E-state index contributed by atoms with van der Waals surface area (Å²) in [4.78, 5) is 26.1. The largest absolute Gasteiger partial charge is 0.465 e. The summed E-state index contributed by atoms with van der Waals surface area (Å²) in [5.41, 5.74) is 0. The molecule has 1 rings (SSSR count). The van der Waals surface area contributed by atoms with Crippen LogP contribution in [0.4, 0.5) is 4.79 Å². The summed E-state index contributed by atoms with van der Waals surface area (Å²) < 4.78 is 10.8. The lowest BCUT2D eigenvalue weighted by Crippen LogP contribution is -2.33. The maximum absolute atomic E-state index is 12.2. The number of ether oxygens (including phenoxy) is 2. The number of hydrogen-bond acceptors (Lipinski definition) is 6. The second-order valence-electron chi connectivity index (χ2n) is 7.91. The van der Waals surface area contributed by atoms with Crippen molar-refractivity contribution >= 4 is 12.1 Å². The standard InChI is InChI=1S/C21H38N2O5/c1-5-12-23(4)13-6-11-22-21(26)28-19-10-7-16(2)15-27-20(25)14-18(24)9-8-17(19)3/h7,10,16-19,24H,5-6,8-9,11-15H2,1-4H3,(H,22,26)/b10-7+. The molecule has 7 heteroatoms. The smallest absolute Gasteiger partial charge is 0.407 e. The van der Waals surface area contributed by atoms with E-state index in [0.717, 1.165) is 25.9 Å². The molecule has 0 radical (unpaired) electrons. The van der Waals surface area contributed by atoms with Crippen LogP contribution in [0.3, 0.4) is 0 Å². The van der Waals surface area contributed by atoms with Gasteiger partial charge in [-0.3, -0.25) is 4.79 Å². The van der Waals surface area contributed by atoms with Gasteiger partial charge in [0.2, 0.25) is 0 Å². The molecule has 0 saturated heterocycles. The number of alkyl carbamates (subject to hydrolysis) is 1. The number of rotatable bonds is 7. The van der Waals surface area contributed by atoms with E-state index in [2.05, 4.69) is 24.2 Å². The number of amides is 1. The average molecular weight is 399 g/mol. The topological polar surface area (TPSA) is 88.1 Å². The second-order valence-corrected chi connectivity index (χ2v) is 7.91. The van der Waals surface area contributed by atoms with E-state index < -0.39 is 12.2 Å². The molecule has 0 aromatic heterocycles. The first kappa shape index (κ1) is 24.4. The van der Waals surface area contributed by atoms with Crippen LogP contribution in [0.2, 0.25) is 0 Å². The van der Waals surface area contributed by atoms with Gasteiger partial charge < -0.3 is 24.8 Å². The van der Waals surface area contributed by atoms with Crippen LogP contribution in [0, 0.1) is 11.8 Å². The van der Waals surface area contributed by atoms with Crippen molar-refractivity contribution in [3.8, 4) is 0 Å². The van der Waals surface area contributed by atoms with E-state index in [1.54, 1.807) is 0 Å². The molecule has 0 saturated carbocycles. The lowest BCUT2D eigenvalue weighted by atomic mass is 9.94. The number of carbonyl (C=O) groups excluding carboxylic acids is 2. The minimum absolute atomic E-state index is 0.00163. The Morgan fingerprint density at radius 3 is 2.79 bits per heavy atom. The minimum Gasteiger partial charge on any atom is -0.465 e. The Morgan fingerprint density at radius 2 is 2.07 bits per heavy atom. The van der Waals surface area contributed by atoms with Crippen LogP contribution in [0.1, 0.15) is 52.9 Å². The van der Waals surface area contributed by atoms with Gasteiger partial charge in [-0.25, -0.2) is 4.79 Å². The van der Waals surface area contributed by atoms with E-state index in [4.69, 9.17) is 9.47 Å².